The van der Waals surface area contributed by atoms with E-state index in [1.165, 1.54) is 0 Å². The zero-order valence-corrected chi connectivity index (χ0v) is 11.9. The van der Waals surface area contributed by atoms with Crippen molar-refractivity contribution >= 4 is 34.2 Å². The Bertz CT molecular complexity index is 471. The van der Waals surface area contributed by atoms with Crippen molar-refractivity contribution in [2.75, 3.05) is 0 Å². The summed E-state index contributed by atoms with van der Waals surface area (Å²) in [5.41, 5.74) is 2.05. The molecule has 0 spiro atoms. The molecule has 0 unspecified atom stereocenters. The third-order valence-corrected chi connectivity index (χ3v) is 2.68. The summed E-state index contributed by atoms with van der Waals surface area (Å²) in [6, 6.07) is 1.97. The van der Waals surface area contributed by atoms with E-state index in [4.69, 9.17) is 0 Å². The number of allylic oxidation sites excluding steroid dienone is 1. The minimum Gasteiger partial charge on any atom is -1.00 e. The molecule has 1 aliphatic heterocycles. The van der Waals surface area contributed by atoms with Crippen molar-refractivity contribution in [2.45, 2.75) is 0 Å². The minimum atomic E-state index is 0. The van der Waals surface area contributed by atoms with E-state index in [-0.39, 0.29) is 24.0 Å². The second kappa shape index (κ2) is 6.14. The van der Waals surface area contributed by atoms with Gasteiger partial charge in [-0.3, -0.25) is 4.98 Å². The fourth-order valence-electron chi connectivity index (χ4n) is 1.09. The first-order valence-electron chi connectivity index (χ1n) is 4.05. The van der Waals surface area contributed by atoms with Gasteiger partial charge in [0.05, 0.1) is 11.4 Å². The smallest absolute Gasteiger partial charge is 0.230 e. The Labute approximate surface area is 118 Å². The van der Waals surface area contributed by atoms with E-state index in [1.54, 1.807) is 18.6 Å². The zero-order chi connectivity index (χ0) is 9.80. The van der Waals surface area contributed by atoms with E-state index in [1.807, 2.05) is 18.3 Å². The van der Waals surface area contributed by atoms with Crippen molar-refractivity contribution in [1.82, 2.24) is 4.98 Å². The topological polar surface area (TPSA) is 39.2 Å². The molecule has 0 fully saturated rings. The molecule has 0 bridgehead atoms. The number of hydrogen-bond acceptors (Lipinski definition) is 2. The molecule has 0 radical (unpaired) electrons. The van der Waals surface area contributed by atoms with Gasteiger partial charge in [0, 0.05) is 28.2 Å². The SMILES string of the molecule is Ic1ccncc1C1=[NH+]C=C=NC=C1.[I-]. The second-order valence-corrected chi connectivity index (χ2v) is 3.79. The van der Waals surface area contributed by atoms with E-state index in [2.05, 4.69) is 43.4 Å². The summed E-state index contributed by atoms with van der Waals surface area (Å²) in [7, 11) is 0. The molecule has 1 aliphatic rings. The first-order chi connectivity index (χ1) is 6.88. The summed E-state index contributed by atoms with van der Waals surface area (Å²) >= 11 is 2.28. The van der Waals surface area contributed by atoms with Crippen LogP contribution < -0.4 is 29.0 Å². The van der Waals surface area contributed by atoms with Crippen LogP contribution in [0.25, 0.3) is 0 Å². The Morgan fingerprint density at radius 3 is 3.07 bits per heavy atom. The summed E-state index contributed by atoms with van der Waals surface area (Å²) < 4.78 is 1.15. The van der Waals surface area contributed by atoms with Gasteiger partial charge in [-0.2, -0.15) is 0 Å². The fraction of sp³-hybridized carbons (Fsp3) is 0. The molecule has 0 aromatic carbocycles. The van der Waals surface area contributed by atoms with Crippen molar-refractivity contribution in [3.05, 3.63) is 46.1 Å². The number of aromatic nitrogens is 1. The van der Waals surface area contributed by atoms with Gasteiger partial charge in [-0.15, -0.1) is 0 Å². The van der Waals surface area contributed by atoms with Crippen LogP contribution in [0.3, 0.4) is 0 Å². The number of hydrogen-bond donors (Lipinski definition) is 1. The number of nitrogens with zero attached hydrogens (tertiary/aromatic N) is 2. The molecule has 15 heavy (non-hydrogen) atoms. The molecular formula is C10H7I2N3. The molecule has 3 nitrogen and oxygen atoms in total. The van der Waals surface area contributed by atoms with Crippen molar-refractivity contribution in [2.24, 2.45) is 4.99 Å². The average Bonchev–Trinajstić information content (AvgIpc) is 2.47. The number of aliphatic imine (C=N–C) groups is 1. The Morgan fingerprint density at radius 1 is 1.40 bits per heavy atom. The molecule has 76 valence electrons. The van der Waals surface area contributed by atoms with Crippen LogP contribution in [0.4, 0.5) is 0 Å². The summed E-state index contributed by atoms with van der Waals surface area (Å²) in [6.07, 6.45) is 8.88. The first-order valence-corrected chi connectivity index (χ1v) is 5.13. The maximum atomic E-state index is 4.09. The van der Waals surface area contributed by atoms with E-state index in [9.17, 15) is 0 Å². The molecule has 0 saturated heterocycles. The largest absolute Gasteiger partial charge is 1.00 e. The Balaban J connectivity index is 0.00000112. The highest BCUT2D eigenvalue weighted by atomic mass is 127. The van der Waals surface area contributed by atoms with Gasteiger partial charge in [0.1, 0.15) is 0 Å². The van der Waals surface area contributed by atoms with Gasteiger partial charge in [-0.05, 0) is 28.7 Å². The highest BCUT2D eigenvalue weighted by Crippen LogP contribution is 2.09. The number of halogens is 2. The monoisotopic (exact) mass is 423 g/mol. The summed E-state index contributed by atoms with van der Waals surface area (Å²) in [5, 5.41) is 0. The first kappa shape index (κ1) is 12.5. The van der Waals surface area contributed by atoms with Crippen molar-refractivity contribution < 1.29 is 29.0 Å². The molecule has 0 saturated carbocycles. The van der Waals surface area contributed by atoms with Gasteiger partial charge in [-0.25, -0.2) is 9.98 Å². The van der Waals surface area contributed by atoms with Gasteiger partial charge in [0.15, 0.2) is 0 Å². The van der Waals surface area contributed by atoms with Gasteiger partial charge >= 0.3 is 0 Å². The number of nitrogens with one attached hydrogen (secondary N) is 1. The predicted octanol–water partition coefficient (Wildman–Crippen LogP) is -2.73. The highest BCUT2D eigenvalue weighted by molar-refractivity contribution is 14.1. The average molecular weight is 423 g/mol. The lowest BCUT2D eigenvalue weighted by molar-refractivity contribution is -0.368. The highest BCUT2D eigenvalue weighted by Gasteiger charge is 2.09. The number of rotatable bonds is 1. The van der Waals surface area contributed by atoms with Gasteiger partial charge < -0.3 is 24.0 Å². The van der Waals surface area contributed by atoms with Crippen LogP contribution >= 0.6 is 22.6 Å². The number of pyridine rings is 1. The lowest BCUT2D eigenvalue weighted by atomic mass is 10.2. The van der Waals surface area contributed by atoms with E-state index in [0.29, 0.717) is 0 Å². The van der Waals surface area contributed by atoms with Crippen molar-refractivity contribution in [3.8, 4) is 0 Å². The zero-order valence-electron chi connectivity index (χ0n) is 7.61. The van der Waals surface area contributed by atoms with E-state index >= 15 is 0 Å². The molecule has 2 heterocycles. The quantitative estimate of drug-likeness (QED) is 0.490. The van der Waals surface area contributed by atoms with Gasteiger partial charge in [0.2, 0.25) is 11.9 Å². The lowest BCUT2D eigenvalue weighted by Gasteiger charge is -1.96. The summed E-state index contributed by atoms with van der Waals surface area (Å²) in [5.74, 6) is 2.72. The molecule has 1 aromatic heterocycles. The molecule has 1 aromatic rings. The van der Waals surface area contributed by atoms with Crippen molar-refractivity contribution in [3.63, 3.8) is 0 Å². The van der Waals surface area contributed by atoms with Gasteiger partial charge in [0.25, 0.3) is 0 Å². The Kier molecular flexibility index (Phi) is 5.13. The Morgan fingerprint density at radius 2 is 2.27 bits per heavy atom. The minimum absolute atomic E-state index is 0. The maximum absolute atomic E-state index is 4.09. The second-order valence-electron chi connectivity index (χ2n) is 2.63. The van der Waals surface area contributed by atoms with Gasteiger partial charge in [-0.1, -0.05) is 0 Å². The standard InChI is InChI=1S/C10H6IN3.HI/c11-9-1-3-13-7-8(9)10-2-4-12-5-6-14-10;/h1-4,6-7H;1H. The van der Waals surface area contributed by atoms with Crippen LogP contribution in [-0.4, -0.2) is 16.6 Å². The third kappa shape index (κ3) is 3.22. The van der Waals surface area contributed by atoms with E-state index in [0.717, 1.165) is 14.8 Å². The molecule has 0 amide bonds. The molecule has 0 aliphatic carbocycles. The van der Waals surface area contributed by atoms with Crippen molar-refractivity contribution in [1.29, 1.82) is 0 Å². The third-order valence-electron chi connectivity index (χ3n) is 1.74. The normalized spacial score (nSPS) is 13.0. The van der Waals surface area contributed by atoms with Crippen LogP contribution in [-0.2, 0) is 0 Å². The maximum Gasteiger partial charge on any atom is 0.230 e. The van der Waals surface area contributed by atoms with Crippen LogP contribution in [0, 0.1) is 3.57 Å². The molecular weight excluding hydrogens is 416 g/mol. The molecule has 5 heteroatoms. The summed E-state index contributed by atoms with van der Waals surface area (Å²) in [6.45, 7) is 0. The molecule has 2 rings (SSSR count). The van der Waals surface area contributed by atoms with Crippen LogP contribution in [0.1, 0.15) is 5.56 Å². The van der Waals surface area contributed by atoms with Crippen LogP contribution in [0.15, 0.2) is 41.9 Å². The lowest BCUT2D eigenvalue weighted by Crippen LogP contribution is -3.00. The molecule has 1 N–H and O–H groups in total. The van der Waals surface area contributed by atoms with Crippen LogP contribution in [0.5, 0.6) is 0 Å². The fourth-order valence-corrected chi connectivity index (χ4v) is 1.68. The van der Waals surface area contributed by atoms with Crippen LogP contribution in [0.2, 0.25) is 0 Å². The predicted molar refractivity (Wildman–Crippen MR) is 63.2 cm³/mol. The Hall–Kier alpha value is -0.530. The summed E-state index contributed by atoms with van der Waals surface area (Å²) in [4.78, 5) is 11.1. The van der Waals surface area contributed by atoms with E-state index < -0.39 is 0 Å². The molecule has 0 atom stereocenters.